The van der Waals surface area contributed by atoms with Crippen molar-refractivity contribution in [2.24, 2.45) is 17.8 Å². The summed E-state index contributed by atoms with van der Waals surface area (Å²) in [5.74, 6) is 2.40. The van der Waals surface area contributed by atoms with Gasteiger partial charge in [-0.3, -0.25) is 4.79 Å². The Morgan fingerprint density at radius 3 is 2.70 bits per heavy atom. The molecule has 0 aromatic heterocycles. The van der Waals surface area contributed by atoms with E-state index in [-0.39, 0.29) is 0 Å². The minimum Gasteiger partial charge on any atom is -0.352 e. The van der Waals surface area contributed by atoms with E-state index in [0.717, 1.165) is 11.8 Å². The Labute approximate surface area is 60.0 Å². The monoisotopic (exact) mass is 137 g/mol. The van der Waals surface area contributed by atoms with E-state index in [2.05, 4.69) is 5.32 Å². The first-order valence-corrected chi connectivity index (χ1v) is 4.16. The van der Waals surface area contributed by atoms with Crippen molar-refractivity contribution in [3.63, 3.8) is 0 Å². The van der Waals surface area contributed by atoms with Crippen molar-refractivity contribution in [3.8, 4) is 0 Å². The summed E-state index contributed by atoms with van der Waals surface area (Å²) >= 11 is 0. The predicted molar refractivity (Wildman–Crippen MR) is 36.3 cm³/mol. The summed E-state index contributed by atoms with van der Waals surface area (Å²) in [7, 11) is 0. The average molecular weight is 137 g/mol. The zero-order valence-corrected chi connectivity index (χ0v) is 5.84. The van der Waals surface area contributed by atoms with Crippen LogP contribution in [0.15, 0.2) is 0 Å². The van der Waals surface area contributed by atoms with Gasteiger partial charge in [0, 0.05) is 6.04 Å². The molecule has 2 heteroatoms. The van der Waals surface area contributed by atoms with Crippen LogP contribution in [0.3, 0.4) is 0 Å². The molecule has 54 valence electrons. The fraction of sp³-hybridized carbons (Fsp3) is 0.875. The molecular formula is C8H11NO. The molecule has 0 aromatic carbocycles. The molecule has 2 bridgehead atoms. The molecule has 1 saturated heterocycles. The molecule has 3 aliphatic rings. The fourth-order valence-electron chi connectivity index (χ4n) is 3.04. The topological polar surface area (TPSA) is 29.1 Å². The summed E-state index contributed by atoms with van der Waals surface area (Å²) < 4.78 is 0. The van der Waals surface area contributed by atoms with E-state index in [0.29, 0.717) is 17.9 Å². The second-order valence-corrected chi connectivity index (χ2v) is 3.89. The third-order valence-electron chi connectivity index (χ3n) is 3.53. The van der Waals surface area contributed by atoms with Gasteiger partial charge in [0.15, 0.2) is 0 Å². The quantitative estimate of drug-likeness (QED) is 0.485. The molecule has 4 atom stereocenters. The SMILES string of the molecule is O=C1N[C@H]2[C@H]3CC[C@@H](C3)[C@H]12. The van der Waals surface area contributed by atoms with E-state index in [4.69, 9.17) is 0 Å². The molecule has 0 spiro atoms. The van der Waals surface area contributed by atoms with Crippen molar-refractivity contribution in [1.82, 2.24) is 5.32 Å². The van der Waals surface area contributed by atoms with E-state index in [1.165, 1.54) is 19.3 Å². The Balaban J connectivity index is 1.95. The van der Waals surface area contributed by atoms with Crippen LogP contribution in [0.2, 0.25) is 0 Å². The number of rotatable bonds is 0. The molecule has 3 rings (SSSR count). The van der Waals surface area contributed by atoms with Gasteiger partial charge in [-0.25, -0.2) is 0 Å². The maximum atomic E-state index is 11.0. The van der Waals surface area contributed by atoms with E-state index in [1.807, 2.05) is 0 Å². The number of amides is 1. The highest BCUT2D eigenvalue weighted by Gasteiger charge is 2.57. The van der Waals surface area contributed by atoms with Crippen molar-refractivity contribution in [2.45, 2.75) is 25.3 Å². The smallest absolute Gasteiger partial charge is 0.225 e. The van der Waals surface area contributed by atoms with E-state index in [9.17, 15) is 4.79 Å². The van der Waals surface area contributed by atoms with Crippen molar-refractivity contribution in [3.05, 3.63) is 0 Å². The molecule has 2 saturated carbocycles. The second kappa shape index (κ2) is 1.39. The van der Waals surface area contributed by atoms with Gasteiger partial charge < -0.3 is 5.32 Å². The Morgan fingerprint density at radius 1 is 1.30 bits per heavy atom. The Morgan fingerprint density at radius 2 is 2.10 bits per heavy atom. The first-order chi connectivity index (χ1) is 4.86. The number of hydrogen-bond acceptors (Lipinski definition) is 1. The van der Waals surface area contributed by atoms with Crippen LogP contribution in [0.4, 0.5) is 0 Å². The van der Waals surface area contributed by atoms with Gasteiger partial charge in [-0.1, -0.05) is 0 Å². The normalized spacial score (nSPS) is 55.8. The van der Waals surface area contributed by atoms with Gasteiger partial charge in [-0.2, -0.15) is 0 Å². The molecule has 0 radical (unpaired) electrons. The minimum atomic E-state index is 0.331. The lowest BCUT2D eigenvalue weighted by Crippen LogP contribution is -2.60. The lowest BCUT2D eigenvalue weighted by atomic mass is 9.78. The number of carbonyl (C=O) groups excluding carboxylic acids is 1. The Kier molecular flexibility index (Phi) is 0.715. The summed E-state index contributed by atoms with van der Waals surface area (Å²) in [6.07, 6.45) is 4.01. The van der Waals surface area contributed by atoms with Crippen molar-refractivity contribution in [2.75, 3.05) is 0 Å². The second-order valence-electron chi connectivity index (χ2n) is 3.89. The molecule has 1 amide bonds. The van der Waals surface area contributed by atoms with Crippen molar-refractivity contribution in [1.29, 1.82) is 0 Å². The van der Waals surface area contributed by atoms with Crippen LogP contribution in [0.25, 0.3) is 0 Å². The zero-order valence-electron chi connectivity index (χ0n) is 5.84. The van der Waals surface area contributed by atoms with Crippen LogP contribution in [0, 0.1) is 17.8 Å². The van der Waals surface area contributed by atoms with Gasteiger partial charge in [0.05, 0.1) is 5.92 Å². The highest BCUT2D eigenvalue weighted by molar-refractivity contribution is 5.87. The van der Waals surface area contributed by atoms with Crippen LogP contribution < -0.4 is 5.32 Å². The standard InChI is InChI=1S/C8H11NO/c10-8-6-4-1-2-5(3-4)7(6)9-8/h4-7H,1-3H2,(H,9,10)/t4-,5-,6-,7-/m0/s1. The largest absolute Gasteiger partial charge is 0.352 e. The number of hydrogen-bond donors (Lipinski definition) is 1. The average Bonchev–Trinajstić information content (AvgIpc) is 2.40. The summed E-state index contributed by atoms with van der Waals surface area (Å²) in [4.78, 5) is 11.0. The van der Waals surface area contributed by atoms with Gasteiger partial charge in [-0.15, -0.1) is 0 Å². The minimum absolute atomic E-state index is 0.331. The lowest BCUT2D eigenvalue weighted by Gasteiger charge is -2.39. The van der Waals surface area contributed by atoms with Crippen LogP contribution in [-0.4, -0.2) is 11.9 Å². The Hall–Kier alpha value is -0.530. The van der Waals surface area contributed by atoms with Crippen molar-refractivity contribution < 1.29 is 4.79 Å². The molecular weight excluding hydrogens is 126 g/mol. The number of fused-ring (bicyclic) bond motifs is 5. The highest BCUT2D eigenvalue weighted by Crippen LogP contribution is 2.51. The van der Waals surface area contributed by atoms with Crippen LogP contribution in [0.5, 0.6) is 0 Å². The summed E-state index contributed by atoms with van der Waals surface area (Å²) in [5.41, 5.74) is 0. The molecule has 0 unspecified atom stereocenters. The molecule has 1 aliphatic heterocycles. The maximum Gasteiger partial charge on any atom is 0.225 e. The zero-order chi connectivity index (χ0) is 6.72. The molecule has 2 nitrogen and oxygen atoms in total. The molecule has 1 heterocycles. The van der Waals surface area contributed by atoms with E-state index >= 15 is 0 Å². The number of β-lactam (4-membered cyclic amide) rings is 1. The first-order valence-electron chi connectivity index (χ1n) is 4.16. The molecule has 0 aromatic rings. The van der Waals surface area contributed by atoms with E-state index in [1.54, 1.807) is 0 Å². The third-order valence-corrected chi connectivity index (χ3v) is 3.53. The van der Waals surface area contributed by atoms with Crippen molar-refractivity contribution >= 4 is 5.91 Å². The van der Waals surface area contributed by atoms with Crippen LogP contribution >= 0.6 is 0 Å². The van der Waals surface area contributed by atoms with Crippen LogP contribution in [0.1, 0.15) is 19.3 Å². The summed E-state index contributed by atoms with van der Waals surface area (Å²) in [6, 6.07) is 0.603. The number of carbonyl (C=O) groups is 1. The third kappa shape index (κ3) is 0.386. The molecule has 1 N–H and O–H groups in total. The summed E-state index contributed by atoms with van der Waals surface area (Å²) in [5, 5.41) is 3.00. The van der Waals surface area contributed by atoms with Gasteiger partial charge in [0.2, 0.25) is 5.91 Å². The van der Waals surface area contributed by atoms with Crippen LogP contribution in [-0.2, 0) is 4.79 Å². The molecule has 3 fully saturated rings. The predicted octanol–water partition coefficient (Wildman–Crippen LogP) is 0.531. The highest BCUT2D eigenvalue weighted by atomic mass is 16.2. The summed E-state index contributed by atoms with van der Waals surface area (Å²) in [6.45, 7) is 0. The molecule has 2 aliphatic carbocycles. The molecule has 10 heavy (non-hydrogen) atoms. The Bertz CT molecular complexity index is 199. The lowest BCUT2D eigenvalue weighted by molar-refractivity contribution is -0.137. The van der Waals surface area contributed by atoms with Gasteiger partial charge in [0.25, 0.3) is 0 Å². The number of nitrogens with one attached hydrogen (secondary N) is 1. The van der Waals surface area contributed by atoms with E-state index < -0.39 is 0 Å². The maximum absolute atomic E-state index is 11.0. The van der Waals surface area contributed by atoms with Gasteiger partial charge in [0.1, 0.15) is 0 Å². The fourth-order valence-corrected chi connectivity index (χ4v) is 3.04. The van der Waals surface area contributed by atoms with Gasteiger partial charge >= 0.3 is 0 Å². The first kappa shape index (κ1) is 5.16. The van der Waals surface area contributed by atoms with Gasteiger partial charge in [-0.05, 0) is 31.1 Å².